The molecule has 0 saturated carbocycles. The molecule has 1 aromatic carbocycles. The summed E-state index contributed by atoms with van der Waals surface area (Å²) in [5.41, 5.74) is 1.67. The van der Waals surface area contributed by atoms with Gasteiger partial charge in [0.1, 0.15) is 11.3 Å². The van der Waals surface area contributed by atoms with Crippen molar-refractivity contribution in [3.8, 4) is 0 Å². The average molecular weight is 295 g/mol. The number of allylic oxidation sites excluding steroid dienone is 1. The summed E-state index contributed by atoms with van der Waals surface area (Å²) in [6.07, 6.45) is 4.03. The van der Waals surface area contributed by atoms with Crippen LogP contribution in [0.1, 0.15) is 6.92 Å². The number of para-hydroxylation sites is 1. The summed E-state index contributed by atoms with van der Waals surface area (Å²) < 4.78 is 4.88. The smallest absolute Gasteiger partial charge is 0.263 e. The molecule has 1 fully saturated rings. The van der Waals surface area contributed by atoms with E-state index in [4.69, 9.17) is 4.74 Å². The van der Waals surface area contributed by atoms with Crippen LogP contribution < -0.4 is 4.90 Å². The first kappa shape index (κ1) is 14.3. The molecule has 19 heavy (non-hydrogen) atoms. The van der Waals surface area contributed by atoms with E-state index in [2.05, 4.69) is 0 Å². The summed E-state index contributed by atoms with van der Waals surface area (Å²) >= 11 is 3.30. The molecule has 0 unspecified atom stereocenters. The Hall–Kier alpha value is -1.07. The number of anilines is 1. The summed E-state index contributed by atoms with van der Waals surface area (Å²) in [5, 5.41) is 0. The molecule has 0 aromatic heterocycles. The number of amides is 1. The zero-order valence-corrected chi connectivity index (χ0v) is 13.1. The van der Waals surface area contributed by atoms with Gasteiger partial charge in [-0.05, 0) is 31.6 Å². The van der Waals surface area contributed by atoms with E-state index >= 15 is 0 Å². The lowest BCUT2D eigenvalue weighted by molar-refractivity contribution is -0.118. The molecule has 0 aliphatic carbocycles. The second-order valence-electron chi connectivity index (χ2n) is 4.10. The van der Waals surface area contributed by atoms with Crippen LogP contribution >= 0.6 is 23.5 Å². The first-order valence-corrected chi connectivity index (χ1v) is 8.32. The molecule has 102 valence electrons. The number of thioether (sulfide) groups is 2. The molecule has 1 aliphatic heterocycles. The van der Waals surface area contributed by atoms with Gasteiger partial charge in [-0.1, -0.05) is 18.2 Å². The summed E-state index contributed by atoms with van der Waals surface area (Å²) in [5.74, 6) is 0.718. The first-order valence-electron chi connectivity index (χ1n) is 5.87. The molecular weight excluding hydrogens is 278 g/mol. The summed E-state index contributed by atoms with van der Waals surface area (Å²) in [4.78, 5) is 14.3. The van der Waals surface area contributed by atoms with Gasteiger partial charge in [-0.2, -0.15) is 0 Å². The Morgan fingerprint density at radius 2 is 1.79 bits per heavy atom. The molecule has 0 N–H and O–H groups in total. The van der Waals surface area contributed by atoms with Crippen LogP contribution in [0.5, 0.6) is 0 Å². The molecule has 0 spiro atoms. The number of carbonyl (C=O) groups excluding carboxylic acids is 1. The molecule has 0 radical (unpaired) electrons. The summed E-state index contributed by atoms with van der Waals surface area (Å²) in [7, 11) is 1.60. The molecule has 1 saturated heterocycles. The fourth-order valence-corrected chi connectivity index (χ4v) is 4.53. The van der Waals surface area contributed by atoms with E-state index in [-0.39, 0.29) is 5.91 Å². The van der Waals surface area contributed by atoms with Crippen LogP contribution in [-0.2, 0) is 9.53 Å². The van der Waals surface area contributed by atoms with Crippen LogP contribution in [0.2, 0.25) is 0 Å². The fraction of sp³-hybridized carbons (Fsp3) is 0.357. The summed E-state index contributed by atoms with van der Waals surface area (Å²) in [6, 6.07) is 9.75. The molecule has 1 heterocycles. The second kappa shape index (κ2) is 5.51. The van der Waals surface area contributed by atoms with Crippen LogP contribution in [0.15, 0.2) is 41.7 Å². The number of methoxy groups -OCH3 is 1. The highest BCUT2D eigenvalue weighted by Crippen LogP contribution is 2.55. The maximum absolute atomic E-state index is 12.5. The van der Waals surface area contributed by atoms with Gasteiger partial charge in [-0.3, -0.25) is 9.69 Å². The predicted molar refractivity (Wildman–Crippen MR) is 83.4 cm³/mol. The molecule has 0 bridgehead atoms. The van der Waals surface area contributed by atoms with Crippen molar-refractivity contribution < 1.29 is 9.53 Å². The molecule has 5 heteroatoms. The van der Waals surface area contributed by atoms with Crippen molar-refractivity contribution >= 4 is 35.1 Å². The maximum atomic E-state index is 12.5. The van der Waals surface area contributed by atoms with E-state index in [9.17, 15) is 4.79 Å². The van der Waals surface area contributed by atoms with Crippen molar-refractivity contribution in [2.75, 3.05) is 24.5 Å². The lowest BCUT2D eigenvalue weighted by Gasteiger charge is -2.51. The van der Waals surface area contributed by atoms with E-state index < -0.39 is 4.20 Å². The van der Waals surface area contributed by atoms with E-state index in [0.717, 1.165) is 11.3 Å². The third-order valence-electron chi connectivity index (χ3n) is 3.25. The predicted octanol–water partition coefficient (Wildman–Crippen LogP) is 3.33. The van der Waals surface area contributed by atoms with Crippen LogP contribution in [0, 0.1) is 0 Å². The summed E-state index contributed by atoms with van der Waals surface area (Å²) in [6.45, 7) is 1.84. The Labute approximate surface area is 122 Å². The Bertz CT molecular complexity index is 509. The molecule has 1 amide bonds. The minimum Gasteiger partial charge on any atom is -0.501 e. The van der Waals surface area contributed by atoms with Gasteiger partial charge in [-0.15, -0.1) is 23.5 Å². The van der Waals surface area contributed by atoms with Gasteiger partial charge in [0.2, 0.25) is 0 Å². The van der Waals surface area contributed by atoms with Crippen LogP contribution in [0.4, 0.5) is 5.69 Å². The van der Waals surface area contributed by atoms with Crippen molar-refractivity contribution in [1.82, 2.24) is 0 Å². The topological polar surface area (TPSA) is 29.5 Å². The average Bonchev–Trinajstić information content (AvgIpc) is 2.45. The lowest BCUT2D eigenvalue weighted by atomic mass is 10.0. The number of benzene rings is 1. The van der Waals surface area contributed by atoms with Crippen molar-refractivity contribution in [3.63, 3.8) is 0 Å². The number of nitrogens with zero attached hydrogens (tertiary/aromatic N) is 1. The Morgan fingerprint density at radius 3 is 2.26 bits per heavy atom. The van der Waals surface area contributed by atoms with E-state index in [0.29, 0.717) is 5.76 Å². The largest absolute Gasteiger partial charge is 0.501 e. The third-order valence-corrected chi connectivity index (χ3v) is 6.13. The third kappa shape index (κ3) is 2.05. The standard InChI is InChI=1S/C14H17NO2S2/c1-10(17-2)12-13(16)15(14(12,18-3)19-4)11-8-6-5-7-9-11/h5-9H,1-4H3/b12-10+. The molecule has 0 atom stereocenters. The highest BCUT2D eigenvalue weighted by atomic mass is 32.2. The number of rotatable bonds is 4. The molecule has 3 nitrogen and oxygen atoms in total. The molecule has 1 aliphatic rings. The maximum Gasteiger partial charge on any atom is 0.263 e. The SMILES string of the molecule is CO/C(C)=C1\C(=O)N(c2ccccc2)C1(SC)SC. The zero-order valence-electron chi connectivity index (χ0n) is 11.5. The minimum absolute atomic E-state index is 0.0225. The number of hydrogen-bond donors (Lipinski definition) is 0. The number of β-lactam (4-membered cyclic amide) rings is 1. The minimum atomic E-state index is -0.390. The van der Waals surface area contributed by atoms with Crippen LogP contribution in [0.25, 0.3) is 0 Å². The highest BCUT2D eigenvalue weighted by molar-refractivity contribution is 8.18. The van der Waals surface area contributed by atoms with E-state index in [1.165, 1.54) is 0 Å². The van der Waals surface area contributed by atoms with Gasteiger partial charge in [0.15, 0.2) is 4.20 Å². The van der Waals surface area contributed by atoms with Crippen LogP contribution in [-0.4, -0.2) is 29.7 Å². The van der Waals surface area contributed by atoms with Crippen molar-refractivity contribution in [2.24, 2.45) is 0 Å². The quantitative estimate of drug-likeness (QED) is 0.369. The first-order chi connectivity index (χ1) is 9.12. The van der Waals surface area contributed by atoms with Crippen molar-refractivity contribution in [2.45, 2.75) is 11.1 Å². The number of ether oxygens (including phenoxy) is 1. The van der Waals surface area contributed by atoms with E-state index in [1.807, 2.05) is 54.7 Å². The highest BCUT2D eigenvalue weighted by Gasteiger charge is 2.58. The Balaban J connectivity index is 2.50. The van der Waals surface area contributed by atoms with Gasteiger partial charge >= 0.3 is 0 Å². The Kier molecular flexibility index (Phi) is 4.16. The zero-order chi connectivity index (χ0) is 14.0. The van der Waals surface area contributed by atoms with Gasteiger partial charge in [0.25, 0.3) is 5.91 Å². The van der Waals surface area contributed by atoms with Gasteiger partial charge in [0, 0.05) is 5.69 Å². The Morgan fingerprint density at radius 1 is 1.21 bits per heavy atom. The fourth-order valence-electron chi connectivity index (χ4n) is 2.25. The van der Waals surface area contributed by atoms with E-state index in [1.54, 1.807) is 30.6 Å². The molecule has 2 rings (SSSR count). The lowest BCUT2D eigenvalue weighted by Crippen LogP contribution is -2.62. The van der Waals surface area contributed by atoms with Gasteiger partial charge in [-0.25, -0.2) is 0 Å². The molecule has 1 aromatic rings. The van der Waals surface area contributed by atoms with Crippen molar-refractivity contribution in [1.29, 1.82) is 0 Å². The normalized spacial score (nSPS) is 20.0. The second-order valence-corrected chi connectivity index (χ2v) is 6.36. The molecular formula is C14H17NO2S2. The number of hydrogen-bond acceptors (Lipinski definition) is 4. The van der Waals surface area contributed by atoms with Crippen LogP contribution in [0.3, 0.4) is 0 Å². The van der Waals surface area contributed by atoms with Gasteiger partial charge < -0.3 is 4.74 Å². The number of carbonyl (C=O) groups is 1. The van der Waals surface area contributed by atoms with Gasteiger partial charge in [0.05, 0.1) is 7.11 Å². The van der Waals surface area contributed by atoms with Crippen molar-refractivity contribution in [3.05, 3.63) is 41.7 Å². The monoisotopic (exact) mass is 295 g/mol.